The largest absolute Gasteiger partial charge is 0.450 e. The highest BCUT2D eigenvalue weighted by molar-refractivity contribution is 6.02. The lowest BCUT2D eigenvalue weighted by Crippen LogP contribution is -2.41. The van der Waals surface area contributed by atoms with E-state index in [9.17, 15) is 9.18 Å². The minimum Gasteiger partial charge on any atom is -0.450 e. The molecular weight excluding hydrogens is 247 g/mol. The smallest absolute Gasteiger partial charge is 0.229 e. The van der Waals surface area contributed by atoms with E-state index in [1.165, 1.54) is 6.07 Å². The molecule has 1 aliphatic rings. The van der Waals surface area contributed by atoms with E-state index >= 15 is 0 Å². The number of ketones is 1. The first-order chi connectivity index (χ1) is 9.10. The lowest BCUT2D eigenvalue weighted by molar-refractivity contribution is -0.0439. The molecule has 0 radical (unpaired) electrons. The maximum atomic E-state index is 13.6. The Hall–Kier alpha value is -1.68. The van der Waals surface area contributed by atoms with Crippen molar-refractivity contribution in [3.63, 3.8) is 0 Å². The van der Waals surface area contributed by atoms with Crippen LogP contribution in [0.5, 0.6) is 0 Å². The molecule has 3 nitrogen and oxygen atoms in total. The predicted octanol–water partition coefficient (Wildman–Crippen LogP) is 3.71. The highest BCUT2D eigenvalue weighted by atomic mass is 19.1. The normalized spacial score (nSPS) is 23.7. The molecule has 0 saturated carbocycles. The van der Waals surface area contributed by atoms with Crippen molar-refractivity contribution in [1.82, 2.24) is 0 Å². The van der Waals surface area contributed by atoms with E-state index in [0.717, 1.165) is 12.8 Å². The summed E-state index contributed by atoms with van der Waals surface area (Å²) < 4.78 is 24.5. The average Bonchev–Trinajstić information content (AvgIpc) is 2.84. The number of rotatable bonds is 2. The summed E-state index contributed by atoms with van der Waals surface area (Å²) in [4.78, 5) is 12.5. The Morgan fingerprint density at radius 2 is 2.21 bits per heavy atom. The summed E-state index contributed by atoms with van der Waals surface area (Å²) in [5.41, 5.74) is -0.715. The van der Waals surface area contributed by atoms with E-state index in [4.69, 9.17) is 9.15 Å². The monoisotopic (exact) mass is 262 g/mol. The number of furan rings is 1. The number of carbonyl (C=O) groups excluding carboxylic acids is 1. The van der Waals surface area contributed by atoms with Crippen molar-refractivity contribution in [2.24, 2.45) is 0 Å². The number of para-hydroxylation sites is 1. The Morgan fingerprint density at radius 1 is 1.37 bits per heavy atom. The first-order valence-electron chi connectivity index (χ1n) is 6.47. The van der Waals surface area contributed by atoms with Crippen LogP contribution in [0.4, 0.5) is 4.39 Å². The zero-order valence-corrected chi connectivity index (χ0v) is 10.7. The third kappa shape index (κ3) is 2.06. The molecule has 0 spiro atoms. The van der Waals surface area contributed by atoms with Crippen LogP contribution in [0, 0.1) is 5.82 Å². The summed E-state index contributed by atoms with van der Waals surface area (Å²) in [6.45, 7) is 2.36. The van der Waals surface area contributed by atoms with Crippen LogP contribution < -0.4 is 0 Å². The van der Waals surface area contributed by atoms with Gasteiger partial charge in [-0.3, -0.25) is 4.79 Å². The van der Waals surface area contributed by atoms with Crippen molar-refractivity contribution in [3.05, 3.63) is 35.8 Å². The number of halogens is 1. The van der Waals surface area contributed by atoms with Gasteiger partial charge >= 0.3 is 0 Å². The molecular formula is C15H15FO3. The molecule has 0 amide bonds. The van der Waals surface area contributed by atoms with E-state index in [1.807, 2.05) is 0 Å². The Balaban J connectivity index is 1.99. The van der Waals surface area contributed by atoms with Crippen LogP contribution >= 0.6 is 0 Å². The molecule has 1 fully saturated rings. The zero-order chi connectivity index (χ0) is 13.5. The molecule has 1 aromatic heterocycles. The van der Waals surface area contributed by atoms with Crippen LogP contribution in [0.2, 0.25) is 0 Å². The Labute approximate surface area is 110 Å². The van der Waals surface area contributed by atoms with Crippen molar-refractivity contribution in [3.8, 4) is 0 Å². The lowest BCUT2D eigenvalue weighted by atomic mass is 9.90. The third-order valence-electron chi connectivity index (χ3n) is 3.67. The maximum absolute atomic E-state index is 13.6. The lowest BCUT2D eigenvalue weighted by Gasteiger charge is -2.31. The van der Waals surface area contributed by atoms with Crippen LogP contribution in [0.15, 0.2) is 28.7 Å². The maximum Gasteiger partial charge on any atom is 0.229 e. The second kappa shape index (κ2) is 4.46. The van der Waals surface area contributed by atoms with Crippen molar-refractivity contribution in [2.75, 3.05) is 6.61 Å². The van der Waals surface area contributed by atoms with E-state index in [0.29, 0.717) is 18.4 Å². The number of hydrogen-bond acceptors (Lipinski definition) is 3. The van der Waals surface area contributed by atoms with E-state index in [-0.39, 0.29) is 17.1 Å². The number of benzene rings is 1. The molecule has 2 aromatic rings. The van der Waals surface area contributed by atoms with Gasteiger partial charge in [-0.2, -0.15) is 0 Å². The van der Waals surface area contributed by atoms with Gasteiger partial charge in [0.2, 0.25) is 5.78 Å². The molecule has 19 heavy (non-hydrogen) atoms. The molecule has 0 N–H and O–H groups in total. The van der Waals surface area contributed by atoms with Crippen LogP contribution in [0.1, 0.15) is 36.7 Å². The summed E-state index contributed by atoms with van der Waals surface area (Å²) >= 11 is 0. The van der Waals surface area contributed by atoms with Gasteiger partial charge in [-0.15, -0.1) is 0 Å². The molecule has 1 atom stereocenters. The van der Waals surface area contributed by atoms with Gasteiger partial charge in [0.15, 0.2) is 17.2 Å². The summed E-state index contributed by atoms with van der Waals surface area (Å²) in [7, 11) is 0. The van der Waals surface area contributed by atoms with Crippen LogP contribution in [0.3, 0.4) is 0 Å². The number of Topliss-reactive ketones (excluding diaryl/α,β-unsaturated/α-hetero) is 1. The van der Waals surface area contributed by atoms with Gasteiger partial charge in [-0.05, 0) is 38.3 Å². The standard InChI is InChI=1S/C15H15FO3/c1-15(7-2-3-8-18-15)14(17)12-9-10-5-4-6-11(16)13(10)19-12/h4-6,9H,2-3,7-8H2,1H3. The highest BCUT2D eigenvalue weighted by Gasteiger charge is 2.38. The third-order valence-corrected chi connectivity index (χ3v) is 3.67. The fraction of sp³-hybridized carbons (Fsp3) is 0.400. The molecule has 1 saturated heterocycles. The Morgan fingerprint density at radius 3 is 2.89 bits per heavy atom. The highest BCUT2D eigenvalue weighted by Crippen LogP contribution is 2.31. The van der Waals surface area contributed by atoms with Gasteiger partial charge in [0.1, 0.15) is 5.60 Å². The van der Waals surface area contributed by atoms with E-state index in [2.05, 4.69) is 0 Å². The number of fused-ring (bicyclic) bond motifs is 1. The van der Waals surface area contributed by atoms with Gasteiger partial charge in [0, 0.05) is 12.0 Å². The summed E-state index contributed by atoms with van der Waals surface area (Å²) in [5.74, 6) is -0.487. The summed E-state index contributed by atoms with van der Waals surface area (Å²) in [5, 5.41) is 0.600. The van der Waals surface area contributed by atoms with Crippen molar-refractivity contribution in [1.29, 1.82) is 0 Å². The predicted molar refractivity (Wildman–Crippen MR) is 68.7 cm³/mol. The van der Waals surface area contributed by atoms with Crippen LogP contribution in [-0.2, 0) is 4.74 Å². The second-order valence-electron chi connectivity index (χ2n) is 5.13. The zero-order valence-electron chi connectivity index (χ0n) is 10.7. The summed E-state index contributed by atoms with van der Waals surface area (Å²) in [6.07, 6.45) is 2.60. The van der Waals surface area contributed by atoms with Crippen molar-refractivity contribution in [2.45, 2.75) is 31.8 Å². The molecule has 1 unspecified atom stereocenters. The minimum absolute atomic E-state index is 0.130. The van der Waals surface area contributed by atoms with Gasteiger partial charge in [0.25, 0.3) is 0 Å². The molecule has 0 aliphatic carbocycles. The fourth-order valence-corrected chi connectivity index (χ4v) is 2.51. The van der Waals surface area contributed by atoms with E-state index in [1.54, 1.807) is 25.1 Å². The summed E-state index contributed by atoms with van der Waals surface area (Å²) in [6, 6.07) is 6.23. The molecule has 4 heteroatoms. The average molecular weight is 262 g/mol. The molecule has 1 aliphatic heterocycles. The number of carbonyl (C=O) groups is 1. The molecule has 100 valence electrons. The quantitative estimate of drug-likeness (QED) is 0.774. The number of hydrogen-bond donors (Lipinski definition) is 0. The van der Waals surface area contributed by atoms with Crippen LogP contribution in [0.25, 0.3) is 11.0 Å². The van der Waals surface area contributed by atoms with Crippen molar-refractivity contribution >= 4 is 16.8 Å². The SMILES string of the molecule is CC1(C(=O)c2cc3cccc(F)c3o2)CCCCO1. The number of ether oxygens (including phenoxy) is 1. The van der Waals surface area contributed by atoms with Crippen molar-refractivity contribution < 1.29 is 18.3 Å². The Bertz CT molecular complexity index is 623. The fourth-order valence-electron chi connectivity index (χ4n) is 2.51. The second-order valence-corrected chi connectivity index (χ2v) is 5.13. The molecule has 2 heterocycles. The minimum atomic E-state index is -0.845. The van der Waals surface area contributed by atoms with Gasteiger partial charge in [0.05, 0.1) is 0 Å². The van der Waals surface area contributed by atoms with Gasteiger partial charge < -0.3 is 9.15 Å². The van der Waals surface area contributed by atoms with Gasteiger partial charge in [-0.1, -0.05) is 12.1 Å². The molecule has 0 bridgehead atoms. The van der Waals surface area contributed by atoms with E-state index < -0.39 is 11.4 Å². The topological polar surface area (TPSA) is 39.4 Å². The van der Waals surface area contributed by atoms with Crippen LogP contribution in [-0.4, -0.2) is 18.0 Å². The molecule has 1 aromatic carbocycles. The first-order valence-corrected chi connectivity index (χ1v) is 6.47. The molecule has 3 rings (SSSR count). The first kappa shape index (κ1) is 12.4. The van der Waals surface area contributed by atoms with Gasteiger partial charge in [-0.25, -0.2) is 4.39 Å². The Kier molecular flexibility index (Phi) is 2.90.